The standard InChI is InChI=1S/C19H16Cl3NO3/c20-13-2-4-14(5-3-13)25-11-15-10-23-18(24)7-8-19(23,26-15)12-1-6-16(21)17(22)9-12/h1-6,9,15H,7-8,10-11H2/t15-,19-/m0/s1. The first-order valence-corrected chi connectivity index (χ1v) is 9.43. The second-order valence-corrected chi connectivity index (χ2v) is 7.67. The fourth-order valence-corrected chi connectivity index (χ4v) is 3.97. The van der Waals surface area contributed by atoms with Crippen molar-refractivity contribution >= 4 is 40.7 Å². The summed E-state index contributed by atoms with van der Waals surface area (Å²) in [7, 11) is 0. The third kappa shape index (κ3) is 3.16. The third-order valence-corrected chi connectivity index (χ3v) is 5.77. The molecular formula is C19H16Cl3NO3. The van der Waals surface area contributed by atoms with Crippen LogP contribution >= 0.6 is 34.8 Å². The summed E-state index contributed by atoms with van der Waals surface area (Å²) in [4.78, 5) is 14.2. The lowest BCUT2D eigenvalue weighted by atomic mass is 10.0. The number of carbonyl (C=O) groups is 1. The quantitative estimate of drug-likeness (QED) is 0.717. The molecule has 26 heavy (non-hydrogen) atoms. The van der Waals surface area contributed by atoms with Gasteiger partial charge in [-0.3, -0.25) is 4.79 Å². The van der Waals surface area contributed by atoms with E-state index in [0.29, 0.717) is 46.8 Å². The van der Waals surface area contributed by atoms with E-state index in [1.165, 1.54) is 0 Å². The maximum Gasteiger partial charge on any atom is 0.225 e. The minimum Gasteiger partial charge on any atom is -0.491 e. The lowest BCUT2D eigenvalue weighted by molar-refractivity contribution is -0.140. The van der Waals surface area contributed by atoms with Crippen molar-refractivity contribution in [2.24, 2.45) is 0 Å². The minimum absolute atomic E-state index is 0.0741. The third-order valence-electron chi connectivity index (χ3n) is 4.78. The van der Waals surface area contributed by atoms with Crippen molar-refractivity contribution < 1.29 is 14.3 Å². The van der Waals surface area contributed by atoms with E-state index in [9.17, 15) is 4.79 Å². The molecule has 4 rings (SSSR count). The smallest absolute Gasteiger partial charge is 0.225 e. The number of fused-ring (bicyclic) bond motifs is 1. The van der Waals surface area contributed by atoms with Crippen molar-refractivity contribution in [2.45, 2.75) is 24.7 Å². The average Bonchev–Trinajstić information content (AvgIpc) is 3.15. The van der Waals surface area contributed by atoms with Gasteiger partial charge in [-0.05, 0) is 36.4 Å². The summed E-state index contributed by atoms with van der Waals surface area (Å²) in [6, 6.07) is 12.5. The highest BCUT2D eigenvalue weighted by Crippen LogP contribution is 2.47. The summed E-state index contributed by atoms with van der Waals surface area (Å²) in [5.41, 5.74) is 0.0473. The van der Waals surface area contributed by atoms with Crippen LogP contribution in [0.5, 0.6) is 5.75 Å². The predicted octanol–water partition coefficient (Wildman–Crippen LogP) is 4.90. The van der Waals surface area contributed by atoms with Gasteiger partial charge in [0, 0.05) is 23.4 Å². The van der Waals surface area contributed by atoms with Gasteiger partial charge in [0.1, 0.15) is 18.5 Å². The molecule has 2 heterocycles. The van der Waals surface area contributed by atoms with E-state index in [1.807, 2.05) is 6.07 Å². The topological polar surface area (TPSA) is 38.8 Å². The molecular weight excluding hydrogens is 397 g/mol. The fraction of sp³-hybridized carbons (Fsp3) is 0.316. The molecule has 0 spiro atoms. The first-order chi connectivity index (χ1) is 12.5. The van der Waals surface area contributed by atoms with E-state index < -0.39 is 5.72 Å². The Balaban J connectivity index is 1.54. The van der Waals surface area contributed by atoms with Crippen LogP contribution in [0.3, 0.4) is 0 Å². The number of ether oxygens (including phenoxy) is 2. The highest BCUT2D eigenvalue weighted by molar-refractivity contribution is 6.42. The first kappa shape index (κ1) is 17.9. The van der Waals surface area contributed by atoms with E-state index in [-0.39, 0.29) is 12.0 Å². The fourth-order valence-electron chi connectivity index (χ4n) is 3.55. The molecule has 0 aliphatic carbocycles. The summed E-state index contributed by atoms with van der Waals surface area (Å²) >= 11 is 18.1. The van der Waals surface area contributed by atoms with E-state index in [0.717, 1.165) is 5.56 Å². The van der Waals surface area contributed by atoms with Gasteiger partial charge in [-0.25, -0.2) is 0 Å². The summed E-state index contributed by atoms with van der Waals surface area (Å²) < 4.78 is 12.1. The van der Waals surface area contributed by atoms with Crippen molar-refractivity contribution in [3.8, 4) is 5.75 Å². The molecule has 2 aliphatic rings. The maximum atomic E-state index is 12.4. The Morgan fingerprint density at radius 2 is 1.88 bits per heavy atom. The molecule has 136 valence electrons. The van der Waals surface area contributed by atoms with Crippen LogP contribution in [0.15, 0.2) is 42.5 Å². The number of hydrogen-bond acceptors (Lipinski definition) is 3. The second-order valence-electron chi connectivity index (χ2n) is 6.42. The molecule has 0 radical (unpaired) electrons. The van der Waals surface area contributed by atoms with Crippen LogP contribution in [0.25, 0.3) is 0 Å². The van der Waals surface area contributed by atoms with Crippen molar-refractivity contribution in [3.63, 3.8) is 0 Å². The van der Waals surface area contributed by atoms with Crippen LogP contribution in [0.4, 0.5) is 0 Å². The maximum absolute atomic E-state index is 12.4. The molecule has 2 aliphatic heterocycles. The summed E-state index contributed by atoms with van der Waals surface area (Å²) in [5.74, 6) is 0.782. The van der Waals surface area contributed by atoms with Gasteiger partial charge in [0.05, 0.1) is 16.6 Å². The Bertz CT molecular complexity index is 842. The average molecular weight is 413 g/mol. The van der Waals surface area contributed by atoms with Gasteiger partial charge in [-0.15, -0.1) is 0 Å². The normalized spacial score (nSPS) is 24.8. The second kappa shape index (κ2) is 6.93. The van der Waals surface area contributed by atoms with E-state index in [4.69, 9.17) is 44.3 Å². The zero-order chi connectivity index (χ0) is 18.3. The van der Waals surface area contributed by atoms with E-state index >= 15 is 0 Å². The highest BCUT2D eigenvalue weighted by atomic mass is 35.5. The predicted molar refractivity (Wildman–Crippen MR) is 101 cm³/mol. The molecule has 2 atom stereocenters. The van der Waals surface area contributed by atoms with Gasteiger partial charge in [0.2, 0.25) is 5.91 Å². The van der Waals surface area contributed by atoms with Crippen LogP contribution in [0, 0.1) is 0 Å². The lowest BCUT2D eigenvalue weighted by Crippen LogP contribution is -2.38. The number of hydrogen-bond donors (Lipinski definition) is 0. The number of halogens is 3. The van der Waals surface area contributed by atoms with Gasteiger partial charge in [0.25, 0.3) is 0 Å². The minimum atomic E-state index is -0.792. The molecule has 2 saturated heterocycles. The molecule has 1 amide bonds. The van der Waals surface area contributed by atoms with Crippen LogP contribution in [0.2, 0.25) is 15.1 Å². The summed E-state index contributed by atoms with van der Waals surface area (Å²) in [6.07, 6.45) is 0.802. The number of carbonyl (C=O) groups excluding carboxylic acids is 1. The molecule has 7 heteroatoms. The van der Waals surface area contributed by atoms with Gasteiger partial charge in [0.15, 0.2) is 5.72 Å². The number of amides is 1. The molecule has 0 unspecified atom stereocenters. The molecule has 0 N–H and O–H groups in total. The lowest BCUT2D eigenvalue weighted by Gasteiger charge is -2.31. The van der Waals surface area contributed by atoms with E-state index in [1.54, 1.807) is 41.3 Å². The van der Waals surface area contributed by atoms with Crippen LogP contribution < -0.4 is 4.74 Å². The van der Waals surface area contributed by atoms with Gasteiger partial charge in [-0.2, -0.15) is 0 Å². The van der Waals surface area contributed by atoms with Crippen molar-refractivity contribution in [1.82, 2.24) is 4.90 Å². The largest absolute Gasteiger partial charge is 0.491 e. The molecule has 2 aromatic carbocycles. The number of benzene rings is 2. The molecule has 2 fully saturated rings. The molecule has 2 aromatic rings. The van der Waals surface area contributed by atoms with Crippen molar-refractivity contribution in [3.05, 3.63) is 63.1 Å². The Morgan fingerprint density at radius 1 is 1.12 bits per heavy atom. The van der Waals surface area contributed by atoms with Gasteiger partial charge in [-0.1, -0.05) is 40.9 Å². The number of rotatable bonds is 4. The van der Waals surface area contributed by atoms with Crippen molar-refractivity contribution in [2.75, 3.05) is 13.2 Å². The highest BCUT2D eigenvalue weighted by Gasteiger charge is 2.54. The van der Waals surface area contributed by atoms with Gasteiger partial charge >= 0.3 is 0 Å². The zero-order valence-electron chi connectivity index (χ0n) is 13.8. The zero-order valence-corrected chi connectivity index (χ0v) is 16.0. The first-order valence-electron chi connectivity index (χ1n) is 8.30. The Hall–Kier alpha value is -1.46. The molecule has 0 aromatic heterocycles. The summed E-state index contributed by atoms with van der Waals surface area (Å²) in [5, 5.41) is 1.57. The molecule has 4 nitrogen and oxygen atoms in total. The van der Waals surface area contributed by atoms with Crippen LogP contribution in [-0.4, -0.2) is 30.1 Å². The molecule has 0 saturated carbocycles. The Labute approximate surface area is 166 Å². The van der Waals surface area contributed by atoms with Crippen LogP contribution in [-0.2, 0) is 15.3 Å². The Morgan fingerprint density at radius 3 is 2.62 bits per heavy atom. The SMILES string of the molecule is O=C1CC[C@@]2(c3ccc(Cl)c(Cl)c3)O[C@H](COc3ccc(Cl)cc3)CN12. The van der Waals surface area contributed by atoms with E-state index in [2.05, 4.69) is 0 Å². The van der Waals surface area contributed by atoms with Gasteiger partial charge < -0.3 is 14.4 Å². The Kier molecular flexibility index (Phi) is 4.78. The number of nitrogens with zero attached hydrogens (tertiary/aromatic N) is 1. The monoisotopic (exact) mass is 411 g/mol. The van der Waals surface area contributed by atoms with Crippen molar-refractivity contribution in [1.29, 1.82) is 0 Å². The summed E-state index contributed by atoms with van der Waals surface area (Å²) in [6.45, 7) is 0.821. The molecule has 0 bridgehead atoms. The van der Waals surface area contributed by atoms with Crippen LogP contribution in [0.1, 0.15) is 18.4 Å².